The Morgan fingerprint density at radius 1 is 0.647 bits per heavy atom. The summed E-state index contributed by atoms with van der Waals surface area (Å²) in [7, 11) is 4.33. The fourth-order valence-electron chi connectivity index (χ4n) is 2.98. The number of hydrazine groups is 1. The first-order valence-electron chi connectivity index (χ1n) is 9.94. The Labute approximate surface area is 204 Å². The molecular formula is C24H22BrN3O6. The quantitative estimate of drug-likeness (QED) is 0.402. The second-order valence-electron chi connectivity index (χ2n) is 6.86. The number of nitrogens with one attached hydrogen (secondary N) is 3. The minimum Gasteiger partial charge on any atom is -0.493 e. The summed E-state index contributed by atoms with van der Waals surface area (Å²) in [5.41, 5.74) is 6.19. The van der Waals surface area contributed by atoms with Crippen LogP contribution in [0.3, 0.4) is 0 Å². The molecule has 0 unspecified atom stereocenters. The normalized spacial score (nSPS) is 10.1. The fraction of sp³-hybridized carbons (Fsp3) is 0.125. The number of rotatable bonds is 7. The van der Waals surface area contributed by atoms with Crippen LogP contribution in [-0.4, -0.2) is 39.1 Å². The molecule has 10 heteroatoms. The highest BCUT2D eigenvalue weighted by molar-refractivity contribution is 9.10. The van der Waals surface area contributed by atoms with Crippen molar-refractivity contribution >= 4 is 39.3 Å². The van der Waals surface area contributed by atoms with Gasteiger partial charge in [0.1, 0.15) is 0 Å². The van der Waals surface area contributed by atoms with E-state index in [9.17, 15) is 14.4 Å². The highest BCUT2D eigenvalue weighted by atomic mass is 79.9. The third-order valence-electron chi connectivity index (χ3n) is 4.73. The van der Waals surface area contributed by atoms with Gasteiger partial charge in [-0.15, -0.1) is 0 Å². The Hall–Kier alpha value is -4.05. The van der Waals surface area contributed by atoms with Gasteiger partial charge < -0.3 is 19.5 Å². The van der Waals surface area contributed by atoms with Crippen molar-refractivity contribution in [3.63, 3.8) is 0 Å². The molecule has 3 amide bonds. The molecular weight excluding hydrogens is 506 g/mol. The van der Waals surface area contributed by atoms with Crippen molar-refractivity contribution in [2.75, 3.05) is 26.6 Å². The highest BCUT2D eigenvalue weighted by Gasteiger charge is 2.17. The highest BCUT2D eigenvalue weighted by Crippen LogP contribution is 2.38. The first kappa shape index (κ1) is 24.6. The number of benzene rings is 3. The van der Waals surface area contributed by atoms with Crippen LogP contribution in [-0.2, 0) is 0 Å². The number of methoxy groups -OCH3 is 3. The molecule has 0 saturated heterocycles. The summed E-state index contributed by atoms with van der Waals surface area (Å²) in [4.78, 5) is 37.3. The second kappa shape index (κ2) is 11.2. The average Bonchev–Trinajstić information content (AvgIpc) is 2.86. The molecule has 0 aromatic heterocycles. The van der Waals surface area contributed by atoms with Crippen LogP contribution >= 0.6 is 15.9 Å². The molecule has 3 N–H and O–H groups in total. The largest absolute Gasteiger partial charge is 0.493 e. The van der Waals surface area contributed by atoms with E-state index in [2.05, 4.69) is 32.1 Å². The zero-order valence-corrected chi connectivity index (χ0v) is 20.2. The predicted molar refractivity (Wildman–Crippen MR) is 130 cm³/mol. The van der Waals surface area contributed by atoms with Crippen LogP contribution in [0.2, 0.25) is 0 Å². The third kappa shape index (κ3) is 5.84. The molecule has 3 aromatic carbocycles. The zero-order valence-electron chi connectivity index (χ0n) is 18.6. The lowest BCUT2D eigenvalue weighted by Gasteiger charge is -2.14. The summed E-state index contributed by atoms with van der Waals surface area (Å²) in [6, 6.07) is 16.1. The first-order chi connectivity index (χ1) is 16.4. The van der Waals surface area contributed by atoms with Crippen LogP contribution in [0.5, 0.6) is 17.2 Å². The summed E-state index contributed by atoms with van der Waals surface area (Å²) < 4.78 is 16.6. The van der Waals surface area contributed by atoms with E-state index < -0.39 is 11.8 Å². The van der Waals surface area contributed by atoms with Crippen molar-refractivity contribution in [3.05, 3.63) is 81.8 Å². The topological polar surface area (TPSA) is 115 Å². The molecule has 0 aliphatic heterocycles. The smallest absolute Gasteiger partial charge is 0.269 e. The minimum atomic E-state index is -0.578. The lowest BCUT2D eigenvalue weighted by Crippen LogP contribution is -2.41. The van der Waals surface area contributed by atoms with Gasteiger partial charge in [0.15, 0.2) is 11.5 Å². The first-order valence-corrected chi connectivity index (χ1v) is 10.7. The summed E-state index contributed by atoms with van der Waals surface area (Å²) in [5, 5.41) is 2.76. The number of carbonyl (C=O) groups is 3. The van der Waals surface area contributed by atoms with Gasteiger partial charge in [-0.25, -0.2) is 0 Å². The van der Waals surface area contributed by atoms with Gasteiger partial charge in [-0.1, -0.05) is 15.9 Å². The summed E-state index contributed by atoms with van der Waals surface area (Å²) in [6.45, 7) is 0. The van der Waals surface area contributed by atoms with E-state index in [1.54, 1.807) is 36.4 Å². The maximum Gasteiger partial charge on any atom is 0.269 e. The number of halogens is 1. The Morgan fingerprint density at radius 2 is 1.12 bits per heavy atom. The summed E-state index contributed by atoms with van der Waals surface area (Å²) >= 11 is 3.32. The van der Waals surface area contributed by atoms with Gasteiger partial charge in [0.2, 0.25) is 5.75 Å². The molecule has 3 rings (SSSR count). The second-order valence-corrected chi connectivity index (χ2v) is 7.78. The molecule has 0 fully saturated rings. The van der Waals surface area contributed by atoms with E-state index in [1.165, 1.54) is 45.6 Å². The predicted octanol–water partition coefficient (Wildman–Crippen LogP) is 3.80. The molecule has 0 spiro atoms. The van der Waals surface area contributed by atoms with E-state index in [1.807, 2.05) is 0 Å². The standard InChI is InChI=1S/C24H22BrN3O6/c1-32-19-12-16(13-20(33-2)21(19)34-3)24(31)28-27-23(30)15-6-10-18(11-7-15)26-22(29)14-4-8-17(25)9-5-14/h4-13H,1-3H3,(H,26,29)(H,27,30)(H,28,31). The lowest BCUT2D eigenvalue weighted by atomic mass is 10.1. The molecule has 176 valence electrons. The number of anilines is 1. The van der Waals surface area contributed by atoms with Crippen molar-refractivity contribution in [3.8, 4) is 17.2 Å². The van der Waals surface area contributed by atoms with Gasteiger partial charge >= 0.3 is 0 Å². The number of amides is 3. The van der Waals surface area contributed by atoms with Crippen LogP contribution in [0.25, 0.3) is 0 Å². The SMILES string of the molecule is COc1cc(C(=O)NNC(=O)c2ccc(NC(=O)c3ccc(Br)cc3)cc2)cc(OC)c1OC. The van der Waals surface area contributed by atoms with Crippen LogP contribution in [0.4, 0.5) is 5.69 Å². The Morgan fingerprint density at radius 3 is 1.62 bits per heavy atom. The lowest BCUT2D eigenvalue weighted by molar-refractivity contribution is 0.0846. The molecule has 3 aromatic rings. The van der Waals surface area contributed by atoms with Crippen molar-refractivity contribution in [1.82, 2.24) is 10.9 Å². The number of hydrogen-bond acceptors (Lipinski definition) is 6. The van der Waals surface area contributed by atoms with E-state index in [-0.39, 0.29) is 17.0 Å². The van der Waals surface area contributed by atoms with Crippen LogP contribution in [0, 0.1) is 0 Å². The van der Waals surface area contributed by atoms with E-state index in [0.717, 1.165) is 4.47 Å². The third-order valence-corrected chi connectivity index (χ3v) is 5.26. The van der Waals surface area contributed by atoms with Gasteiger partial charge in [0, 0.05) is 26.9 Å². The number of hydrogen-bond donors (Lipinski definition) is 3. The summed E-state index contributed by atoms with van der Waals surface area (Å²) in [6.07, 6.45) is 0. The Kier molecular flexibility index (Phi) is 8.10. The maximum atomic E-state index is 12.5. The monoisotopic (exact) mass is 527 g/mol. The molecule has 0 radical (unpaired) electrons. The molecule has 0 aliphatic carbocycles. The molecule has 9 nitrogen and oxygen atoms in total. The van der Waals surface area contributed by atoms with Crippen LogP contribution < -0.4 is 30.4 Å². The van der Waals surface area contributed by atoms with Crippen LogP contribution in [0.15, 0.2) is 65.1 Å². The van der Waals surface area contributed by atoms with Crippen molar-refractivity contribution < 1.29 is 28.6 Å². The maximum absolute atomic E-state index is 12.5. The van der Waals surface area contributed by atoms with E-state index >= 15 is 0 Å². The molecule has 0 saturated carbocycles. The van der Waals surface area contributed by atoms with Crippen LogP contribution in [0.1, 0.15) is 31.1 Å². The summed E-state index contributed by atoms with van der Waals surface area (Å²) in [5.74, 6) is -0.434. The van der Waals surface area contributed by atoms with Crippen molar-refractivity contribution in [2.24, 2.45) is 0 Å². The Bertz CT molecular complexity index is 1170. The van der Waals surface area contributed by atoms with Gasteiger partial charge in [-0.3, -0.25) is 25.2 Å². The average molecular weight is 528 g/mol. The van der Waals surface area contributed by atoms with E-state index in [0.29, 0.717) is 28.5 Å². The Balaban J connectivity index is 1.61. The molecule has 0 aliphatic rings. The van der Waals surface area contributed by atoms with Gasteiger partial charge in [-0.2, -0.15) is 0 Å². The minimum absolute atomic E-state index is 0.195. The number of carbonyl (C=O) groups excluding carboxylic acids is 3. The van der Waals surface area contributed by atoms with Gasteiger partial charge in [0.25, 0.3) is 17.7 Å². The molecule has 0 heterocycles. The molecule has 0 bridgehead atoms. The van der Waals surface area contributed by atoms with Gasteiger partial charge in [0.05, 0.1) is 21.3 Å². The number of ether oxygens (including phenoxy) is 3. The fourth-order valence-corrected chi connectivity index (χ4v) is 3.24. The van der Waals surface area contributed by atoms with E-state index in [4.69, 9.17) is 14.2 Å². The molecule has 0 atom stereocenters. The molecule has 34 heavy (non-hydrogen) atoms. The zero-order chi connectivity index (χ0) is 24.7. The van der Waals surface area contributed by atoms with Gasteiger partial charge in [-0.05, 0) is 60.7 Å². The van der Waals surface area contributed by atoms with Crippen molar-refractivity contribution in [1.29, 1.82) is 0 Å². The van der Waals surface area contributed by atoms with Crippen molar-refractivity contribution in [2.45, 2.75) is 0 Å².